The highest BCUT2D eigenvalue weighted by atomic mass is 16.6. The van der Waals surface area contributed by atoms with Gasteiger partial charge in [-0.05, 0) is 47.5 Å². The fourth-order valence-electron chi connectivity index (χ4n) is 2.71. The van der Waals surface area contributed by atoms with Crippen molar-refractivity contribution in [1.82, 2.24) is 0 Å². The summed E-state index contributed by atoms with van der Waals surface area (Å²) in [5.74, 6) is 0.143. The SMILES string of the molecule is N#C/C(=C/c1ccc(Oc2ccc([N+](=O)[O-])cc2[N+](=O)[O-])cc1)c1cccc(C#N)c1. The summed E-state index contributed by atoms with van der Waals surface area (Å²) in [7, 11) is 0. The van der Waals surface area contributed by atoms with Gasteiger partial charge in [-0.25, -0.2) is 0 Å². The minimum atomic E-state index is -0.756. The molecule has 0 aliphatic heterocycles. The van der Waals surface area contributed by atoms with Crippen molar-refractivity contribution >= 4 is 23.0 Å². The number of rotatable bonds is 6. The Kier molecular flexibility index (Phi) is 6.00. The number of nitro groups is 2. The molecule has 31 heavy (non-hydrogen) atoms. The lowest BCUT2D eigenvalue weighted by Gasteiger charge is -2.07. The Morgan fingerprint density at radius 2 is 1.68 bits per heavy atom. The van der Waals surface area contributed by atoms with Crippen LogP contribution in [0.2, 0.25) is 0 Å². The van der Waals surface area contributed by atoms with E-state index in [9.17, 15) is 25.5 Å². The van der Waals surface area contributed by atoms with Crippen LogP contribution < -0.4 is 4.74 Å². The van der Waals surface area contributed by atoms with Gasteiger partial charge in [0, 0.05) is 6.07 Å². The number of hydrogen-bond acceptors (Lipinski definition) is 7. The second-order valence-corrected chi connectivity index (χ2v) is 6.20. The molecule has 0 unspecified atom stereocenters. The van der Waals surface area contributed by atoms with Crippen molar-refractivity contribution in [3.8, 4) is 23.6 Å². The number of benzene rings is 3. The third-order valence-electron chi connectivity index (χ3n) is 4.19. The van der Waals surface area contributed by atoms with Gasteiger partial charge in [0.25, 0.3) is 5.69 Å². The van der Waals surface area contributed by atoms with Crippen LogP contribution in [0.1, 0.15) is 16.7 Å². The van der Waals surface area contributed by atoms with Crippen LogP contribution in [-0.2, 0) is 0 Å². The first kappa shape index (κ1) is 20.7. The van der Waals surface area contributed by atoms with Crippen LogP contribution in [0.4, 0.5) is 11.4 Å². The minimum absolute atomic E-state index is 0.134. The van der Waals surface area contributed by atoms with E-state index in [0.29, 0.717) is 22.3 Å². The predicted octanol–water partition coefficient (Wildman–Crippen LogP) is 5.23. The highest BCUT2D eigenvalue weighted by Crippen LogP contribution is 2.34. The van der Waals surface area contributed by atoms with Gasteiger partial charge in [-0.15, -0.1) is 0 Å². The van der Waals surface area contributed by atoms with E-state index < -0.39 is 21.2 Å². The molecule has 0 radical (unpaired) electrons. The maximum Gasteiger partial charge on any atom is 0.318 e. The summed E-state index contributed by atoms with van der Waals surface area (Å²) < 4.78 is 5.52. The zero-order chi connectivity index (χ0) is 22.4. The topological polar surface area (TPSA) is 143 Å². The van der Waals surface area contributed by atoms with Crippen molar-refractivity contribution in [2.24, 2.45) is 0 Å². The fraction of sp³-hybridized carbons (Fsp3) is 0. The van der Waals surface area contributed by atoms with Crippen molar-refractivity contribution < 1.29 is 14.6 Å². The zero-order valence-corrected chi connectivity index (χ0v) is 15.8. The fourth-order valence-corrected chi connectivity index (χ4v) is 2.71. The first-order chi connectivity index (χ1) is 14.9. The monoisotopic (exact) mass is 412 g/mol. The summed E-state index contributed by atoms with van der Waals surface area (Å²) >= 11 is 0. The molecule has 3 rings (SSSR count). The third kappa shape index (κ3) is 4.88. The number of nitrogens with zero attached hydrogens (tertiary/aromatic N) is 4. The second kappa shape index (κ2) is 8.99. The van der Waals surface area contributed by atoms with Crippen LogP contribution in [0.25, 0.3) is 11.6 Å². The molecule has 0 bridgehead atoms. The molecule has 0 aromatic heterocycles. The number of non-ortho nitro benzene ring substituents is 1. The molecule has 9 heteroatoms. The summed E-state index contributed by atoms with van der Waals surface area (Å²) in [6.45, 7) is 0. The summed E-state index contributed by atoms with van der Waals surface area (Å²) in [5, 5.41) is 40.5. The molecular formula is C22H12N4O5. The smallest absolute Gasteiger partial charge is 0.318 e. The highest BCUT2D eigenvalue weighted by molar-refractivity contribution is 5.89. The zero-order valence-electron chi connectivity index (χ0n) is 15.8. The Bertz CT molecular complexity index is 1280. The third-order valence-corrected chi connectivity index (χ3v) is 4.19. The molecule has 0 heterocycles. The largest absolute Gasteiger partial charge is 0.450 e. The highest BCUT2D eigenvalue weighted by Gasteiger charge is 2.21. The van der Waals surface area contributed by atoms with Gasteiger partial charge in [0.05, 0.1) is 39.2 Å². The molecule has 150 valence electrons. The van der Waals surface area contributed by atoms with Crippen molar-refractivity contribution in [2.45, 2.75) is 0 Å². The lowest BCUT2D eigenvalue weighted by atomic mass is 10.0. The maximum atomic E-state index is 11.2. The van der Waals surface area contributed by atoms with Gasteiger partial charge in [-0.2, -0.15) is 10.5 Å². The molecule has 0 spiro atoms. The van der Waals surface area contributed by atoms with E-state index >= 15 is 0 Å². The van der Waals surface area contributed by atoms with Crippen LogP contribution in [-0.4, -0.2) is 9.85 Å². The average molecular weight is 412 g/mol. The summed E-state index contributed by atoms with van der Waals surface area (Å²) in [6.07, 6.45) is 1.63. The molecule has 0 aliphatic carbocycles. The van der Waals surface area contributed by atoms with Gasteiger partial charge >= 0.3 is 5.69 Å². The average Bonchev–Trinajstić information content (AvgIpc) is 2.78. The molecule has 0 N–H and O–H groups in total. The molecule has 0 atom stereocenters. The number of allylic oxidation sites excluding steroid dienone is 1. The number of hydrogen-bond donors (Lipinski definition) is 0. The van der Waals surface area contributed by atoms with Crippen LogP contribution in [0.5, 0.6) is 11.5 Å². The maximum absolute atomic E-state index is 11.2. The summed E-state index contributed by atoms with van der Waals surface area (Å²) in [4.78, 5) is 20.6. The van der Waals surface area contributed by atoms with E-state index in [0.717, 1.165) is 12.1 Å². The van der Waals surface area contributed by atoms with Crippen molar-refractivity contribution in [3.63, 3.8) is 0 Å². The lowest BCUT2D eigenvalue weighted by Crippen LogP contribution is -1.96. The van der Waals surface area contributed by atoms with E-state index in [1.54, 1.807) is 54.6 Å². The molecule has 0 saturated heterocycles. The normalized spacial score (nSPS) is 10.6. The molecule has 9 nitrogen and oxygen atoms in total. The summed E-state index contributed by atoms with van der Waals surface area (Å²) in [6, 6.07) is 20.3. The van der Waals surface area contributed by atoms with E-state index in [-0.39, 0.29) is 11.5 Å². The number of ether oxygens (including phenoxy) is 1. The Balaban J connectivity index is 1.86. The van der Waals surface area contributed by atoms with Crippen molar-refractivity contribution in [3.05, 3.63) is 104 Å². The molecule has 3 aromatic rings. The molecule has 0 fully saturated rings. The first-order valence-corrected chi connectivity index (χ1v) is 8.74. The lowest BCUT2D eigenvalue weighted by molar-refractivity contribution is -0.394. The van der Waals surface area contributed by atoms with E-state index in [1.807, 2.05) is 6.07 Å². The summed E-state index contributed by atoms with van der Waals surface area (Å²) in [5.41, 5.74) is 1.13. The minimum Gasteiger partial charge on any atom is -0.450 e. The second-order valence-electron chi connectivity index (χ2n) is 6.20. The van der Waals surface area contributed by atoms with E-state index in [1.165, 1.54) is 6.07 Å². The van der Waals surface area contributed by atoms with Gasteiger partial charge in [-0.3, -0.25) is 20.2 Å². The van der Waals surface area contributed by atoms with Gasteiger partial charge in [-0.1, -0.05) is 24.3 Å². The molecule has 3 aromatic carbocycles. The van der Waals surface area contributed by atoms with E-state index in [4.69, 9.17) is 10.00 Å². The Morgan fingerprint density at radius 3 is 2.29 bits per heavy atom. The van der Waals surface area contributed by atoms with Gasteiger partial charge in [0.2, 0.25) is 5.75 Å². The molecular weight excluding hydrogens is 400 g/mol. The standard InChI is InChI=1S/C22H12N4O5/c23-13-16-2-1-3-17(11-16)18(14-24)10-15-4-7-20(8-5-15)31-22-9-6-19(25(27)28)12-21(22)26(29)30/h1-12H/b18-10-. The Morgan fingerprint density at radius 1 is 0.935 bits per heavy atom. The molecule has 0 saturated carbocycles. The van der Waals surface area contributed by atoms with Crippen molar-refractivity contribution in [1.29, 1.82) is 10.5 Å². The Labute approximate surface area is 176 Å². The first-order valence-electron chi connectivity index (χ1n) is 8.74. The number of nitriles is 2. The molecule has 0 aliphatic rings. The predicted molar refractivity (Wildman–Crippen MR) is 111 cm³/mol. The van der Waals surface area contributed by atoms with Crippen LogP contribution >= 0.6 is 0 Å². The van der Waals surface area contributed by atoms with E-state index in [2.05, 4.69) is 6.07 Å². The molecule has 0 amide bonds. The van der Waals surface area contributed by atoms with Gasteiger partial charge in [0.15, 0.2) is 0 Å². The quantitative estimate of drug-likeness (QED) is 0.233. The van der Waals surface area contributed by atoms with Gasteiger partial charge in [0.1, 0.15) is 5.75 Å². The Hall–Kier alpha value is -5.02. The number of nitro benzene ring substituents is 2. The van der Waals surface area contributed by atoms with Gasteiger partial charge < -0.3 is 4.74 Å². The van der Waals surface area contributed by atoms with Crippen LogP contribution in [0, 0.1) is 42.9 Å². The van der Waals surface area contributed by atoms with Crippen LogP contribution in [0.3, 0.4) is 0 Å². The van der Waals surface area contributed by atoms with Crippen molar-refractivity contribution in [2.75, 3.05) is 0 Å². The van der Waals surface area contributed by atoms with Crippen LogP contribution in [0.15, 0.2) is 66.7 Å².